The number of aromatic amines is 2. The third-order valence-electron chi connectivity index (χ3n) is 6.48. The molecule has 1 atom stereocenters. The van der Waals surface area contributed by atoms with Crippen molar-refractivity contribution in [2.75, 3.05) is 13.1 Å². The predicted octanol–water partition coefficient (Wildman–Crippen LogP) is 1.74. The highest BCUT2D eigenvalue weighted by Gasteiger charge is 2.26. The molecule has 0 bridgehead atoms. The predicted molar refractivity (Wildman–Crippen MR) is 133 cm³/mol. The Morgan fingerprint density at radius 1 is 1.34 bits per heavy atom. The number of rotatable bonds is 6. The second-order valence-electron chi connectivity index (χ2n) is 8.60. The maximum Gasteiger partial charge on any atom is 0.327 e. The molecule has 1 fully saturated rings. The van der Waals surface area contributed by atoms with Gasteiger partial charge in [0, 0.05) is 36.5 Å². The molecule has 11 nitrogen and oxygen atoms in total. The lowest BCUT2D eigenvalue weighted by Crippen LogP contribution is -2.36. The highest BCUT2D eigenvalue weighted by molar-refractivity contribution is 5.96. The van der Waals surface area contributed by atoms with Gasteiger partial charge in [-0.2, -0.15) is 5.10 Å². The molecular formula is C24H27N9O2. The number of imidazole rings is 1. The molecule has 1 amide bonds. The number of carbonyl (C=O) groups excluding carboxylic acids is 1. The van der Waals surface area contributed by atoms with Crippen molar-refractivity contribution >= 4 is 29.5 Å². The van der Waals surface area contributed by atoms with E-state index in [1.165, 1.54) is 6.34 Å². The molecule has 1 aliphatic heterocycles. The van der Waals surface area contributed by atoms with Gasteiger partial charge in [-0.3, -0.25) is 19.4 Å². The Morgan fingerprint density at radius 2 is 2.17 bits per heavy atom. The lowest BCUT2D eigenvalue weighted by Gasteiger charge is -2.34. The molecule has 5 rings (SSSR count). The zero-order valence-corrected chi connectivity index (χ0v) is 19.1. The summed E-state index contributed by atoms with van der Waals surface area (Å²) in [5.74, 6) is 0.279. The van der Waals surface area contributed by atoms with Crippen molar-refractivity contribution in [2.24, 2.45) is 10.7 Å². The van der Waals surface area contributed by atoms with Crippen LogP contribution in [0, 0.1) is 0 Å². The molecule has 1 saturated heterocycles. The standard InChI is InChI=1S/C24H27N9O2/c1-15(23(34)29-18-4-2-5-19-17(18)13-28-31-19)12-21(27-14-25)32-10-7-16(8-11-32)33-20-6-3-9-26-22(20)30-24(33)35/h2-3,5-6,9,12-14,16,18H,1,4,7-8,10-11H2,(H2,25,27)(H,28,31)(H,29,34)(H,26,30,35)/b21-12+. The Morgan fingerprint density at radius 3 is 2.97 bits per heavy atom. The molecule has 1 unspecified atom stereocenters. The van der Waals surface area contributed by atoms with Crippen LogP contribution in [0.1, 0.15) is 42.6 Å². The van der Waals surface area contributed by atoms with Crippen LogP contribution in [0.25, 0.3) is 17.2 Å². The van der Waals surface area contributed by atoms with Crippen molar-refractivity contribution in [3.8, 4) is 0 Å². The second kappa shape index (κ2) is 9.45. The molecule has 180 valence electrons. The summed E-state index contributed by atoms with van der Waals surface area (Å²) in [6, 6.07) is 3.59. The molecule has 4 heterocycles. The van der Waals surface area contributed by atoms with E-state index >= 15 is 0 Å². The maximum atomic E-state index is 12.9. The summed E-state index contributed by atoms with van der Waals surface area (Å²) in [4.78, 5) is 38.8. The highest BCUT2D eigenvalue weighted by Crippen LogP contribution is 2.28. The summed E-state index contributed by atoms with van der Waals surface area (Å²) in [5, 5.41) is 10.00. The number of amides is 1. The summed E-state index contributed by atoms with van der Waals surface area (Å²) in [6.45, 7) is 5.25. The zero-order chi connectivity index (χ0) is 24.4. The number of pyridine rings is 1. The van der Waals surface area contributed by atoms with E-state index in [0.717, 1.165) is 29.6 Å². The van der Waals surface area contributed by atoms with Gasteiger partial charge in [-0.1, -0.05) is 12.7 Å². The number of hydrogen-bond donors (Lipinski definition) is 4. The molecule has 0 aromatic carbocycles. The number of nitrogens with two attached hydrogens (primary N) is 1. The minimum absolute atomic E-state index is 0.0369. The van der Waals surface area contributed by atoms with Crippen LogP contribution in [0.4, 0.5) is 0 Å². The van der Waals surface area contributed by atoms with Crippen LogP contribution in [-0.2, 0) is 4.79 Å². The SMILES string of the molecule is C=C(/C=C(\N=C/N)N1CCC(n2c(=O)[nH]c3ncccc32)CC1)C(=O)NC1CC=Cc2[nH]ncc21. The number of fused-ring (bicyclic) bond motifs is 2. The molecule has 5 N–H and O–H groups in total. The van der Waals surface area contributed by atoms with Crippen molar-refractivity contribution in [1.29, 1.82) is 0 Å². The first-order chi connectivity index (χ1) is 17.0. The van der Waals surface area contributed by atoms with Crippen LogP contribution >= 0.6 is 0 Å². The van der Waals surface area contributed by atoms with Gasteiger partial charge in [0.15, 0.2) is 5.65 Å². The minimum Gasteiger partial charge on any atom is -0.390 e. The zero-order valence-electron chi connectivity index (χ0n) is 19.1. The van der Waals surface area contributed by atoms with Gasteiger partial charge in [0.05, 0.1) is 29.8 Å². The van der Waals surface area contributed by atoms with Crippen molar-refractivity contribution in [3.63, 3.8) is 0 Å². The summed E-state index contributed by atoms with van der Waals surface area (Å²) in [5.41, 5.74) is 8.96. The van der Waals surface area contributed by atoms with E-state index in [9.17, 15) is 9.59 Å². The van der Waals surface area contributed by atoms with Gasteiger partial charge in [-0.05, 0) is 43.5 Å². The van der Waals surface area contributed by atoms with Crippen LogP contribution in [0.15, 0.2) is 64.4 Å². The fraction of sp³-hybridized carbons (Fsp3) is 0.292. The Hall–Kier alpha value is -4.41. The Labute approximate surface area is 201 Å². The Balaban J connectivity index is 1.27. The Bertz CT molecular complexity index is 1400. The first kappa shape index (κ1) is 22.4. The van der Waals surface area contributed by atoms with Crippen LogP contribution in [-0.4, -0.2) is 55.0 Å². The monoisotopic (exact) mass is 473 g/mol. The Kier molecular flexibility index (Phi) is 6.04. The van der Waals surface area contributed by atoms with E-state index < -0.39 is 0 Å². The molecule has 11 heteroatoms. The van der Waals surface area contributed by atoms with Crippen LogP contribution in [0.3, 0.4) is 0 Å². The molecular weight excluding hydrogens is 446 g/mol. The molecule has 3 aromatic heterocycles. The molecule has 1 aliphatic carbocycles. The van der Waals surface area contributed by atoms with Crippen molar-refractivity contribution in [3.05, 3.63) is 76.4 Å². The van der Waals surface area contributed by atoms with Gasteiger partial charge < -0.3 is 16.0 Å². The molecule has 0 spiro atoms. The summed E-state index contributed by atoms with van der Waals surface area (Å²) in [7, 11) is 0. The smallest absolute Gasteiger partial charge is 0.327 e. The van der Waals surface area contributed by atoms with Crippen LogP contribution in [0.5, 0.6) is 0 Å². The molecule has 0 saturated carbocycles. The number of carbonyl (C=O) groups is 1. The van der Waals surface area contributed by atoms with Crippen molar-refractivity contribution < 1.29 is 4.79 Å². The molecule has 2 aliphatic rings. The summed E-state index contributed by atoms with van der Waals surface area (Å²) >= 11 is 0. The van der Waals surface area contributed by atoms with Crippen LogP contribution < -0.4 is 16.7 Å². The third-order valence-corrected chi connectivity index (χ3v) is 6.48. The van der Waals surface area contributed by atoms with Crippen molar-refractivity contribution in [1.82, 2.24) is 34.9 Å². The molecule has 35 heavy (non-hydrogen) atoms. The number of H-pyrrole nitrogens is 2. The first-order valence-corrected chi connectivity index (χ1v) is 11.5. The van der Waals surface area contributed by atoms with E-state index in [-0.39, 0.29) is 29.3 Å². The van der Waals surface area contributed by atoms with Crippen molar-refractivity contribution in [2.45, 2.75) is 31.3 Å². The van der Waals surface area contributed by atoms with Gasteiger partial charge in [-0.15, -0.1) is 0 Å². The van der Waals surface area contributed by atoms with Gasteiger partial charge in [-0.25, -0.2) is 14.8 Å². The third kappa shape index (κ3) is 4.39. The van der Waals surface area contributed by atoms with E-state index in [2.05, 4.69) is 37.1 Å². The molecule has 3 aromatic rings. The highest BCUT2D eigenvalue weighted by atomic mass is 16.2. The maximum absolute atomic E-state index is 12.9. The van der Waals surface area contributed by atoms with E-state index in [4.69, 9.17) is 5.73 Å². The fourth-order valence-corrected chi connectivity index (χ4v) is 4.74. The topological polar surface area (TPSA) is 150 Å². The number of piperidine rings is 1. The van der Waals surface area contributed by atoms with E-state index in [0.29, 0.717) is 31.0 Å². The van der Waals surface area contributed by atoms with Gasteiger partial charge in [0.2, 0.25) is 0 Å². The number of aromatic nitrogens is 5. The van der Waals surface area contributed by atoms with Gasteiger partial charge in [0.25, 0.3) is 5.91 Å². The van der Waals surface area contributed by atoms with E-state index in [1.54, 1.807) is 23.0 Å². The number of nitrogens with one attached hydrogen (secondary N) is 3. The number of aliphatic imine (C=N–C) groups is 1. The number of likely N-dealkylation sites (tertiary alicyclic amines) is 1. The fourth-order valence-electron chi connectivity index (χ4n) is 4.74. The number of nitrogens with zero attached hydrogens (tertiary/aromatic N) is 5. The number of hydrogen-bond acceptors (Lipinski definition) is 6. The molecule has 0 radical (unpaired) electrons. The van der Waals surface area contributed by atoms with E-state index in [1.807, 2.05) is 29.2 Å². The average Bonchev–Trinajstić information content (AvgIpc) is 3.48. The van der Waals surface area contributed by atoms with Gasteiger partial charge >= 0.3 is 5.69 Å². The lowest BCUT2D eigenvalue weighted by molar-refractivity contribution is -0.117. The van der Waals surface area contributed by atoms with Gasteiger partial charge in [0.1, 0.15) is 5.82 Å². The first-order valence-electron chi connectivity index (χ1n) is 11.5. The average molecular weight is 474 g/mol. The minimum atomic E-state index is -0.282. The normalized spacial score (nSPS) is 18.8. The largest absolute Gasteiger partial charge is 0.390 e. The van der Waals surface area contributed by atoms with Crippen LogP contribution in [0.2, 0.25) is 0 Å². The quantitative estimate of drug-likeness (QED) is 0.185. The lowest BCUT2D eigenvalue weighted by atomic mass is 9.98. The summed E-state index contributed by atoms with van der Waals surface area (Å²) in [6.07, 6.45) is 12.3. The second-order valence-corrected chi connectivity index (χ2v) is 8.60. The summed E-state index contributed by atoms with van der Waals surface area (Å²) < 4.78 is 1.78.